The van der Waals surface area contributed by atoms with Gasteiger partial charge in [-0.2, -0.15) is 5.26 Å². The van der Waals surface area contributed by atoms with Gasteiger partial charge in [-0.25, -0.2) is 4.79 Å². The molecule has 1 aromatic heterocycles. The third-order valence-electron chi connectivity index (χ3n) is 3.65. The van der Waals surface area contributed by atoms with Gasteiger partial charge in [-0.3, -0.25) is 10.1 Å². The van der Waals surface area contributed by atoms with Crippen LogP contribution in [0.25, 0.3) is 11.5 Å². The van der Waals surface area contributed by atoms with Crippen molar-refractivity contribution < 1.29 is 18.9 Å². The van der Waals surface area contributed by atoms with E-state index in [1.54, 1.807) is 6.92 Å². The third-order valence-corrected chi connectivity index (χ3v) is 3.65. The number of hydrogen-bond donors (Lipinski definition) is 0. The minimum Gasteiger partial charge on any atom is -0.449 e. The van der Waals surface area contributed by atoms with Crippen LogP contribution in [0.2, 0.25) is 0 Å². The summed E-state index contributed by atoms with van der Waals surface area (Å²) in [4.78, 5) is 22.3. The lowest BCUT2D eigenvalue weighted by atomic mass is 10.1. The molecule has 0 fully saturated rings. The minimum atomic E-state index is -0.799. The van der Waals surface area contributed by atoms with Crippen LogP contribution in [0.5, 0.6) is 0 Å². The molecule has 0 aliphatic carbocycles. The standard InChI is InChI=1S/C18H12N4O5/c1-11(26-18(23)14-4-2-12(10-19)3-5-14)16-20-21-17(27-16)13-6-8-15(9-7-13)22(24)25/h2-9,11H,1H3/t11-/m0/s1. The maximum absolute atomic E-state index is 12.1. The molecule has 1 heterocycles. The summed E-state index contributed by atoms with van der Waals surface area (Å²) in [7, 11) is 0. The highest BCUT2D eigenvalue weighted by molar-refractivity contribution is 5.89. The first-order valence-electron chi connectivity index (χ1n) is 7.77. The predicted molar refractivity (Wildman–Crippen MR) is 91.4 cm³/mol. The molecule has 9 heteroatoms. The first-order valence-corrected chi connectivity index (χ1v) is 7.77. The molecule has 0 saturated heterocycles. The molecule has 0 unspecified atom stereocenters. The number of carbonyl (C=O) groups is 1. The van der Waals surface area contributed by atoms with E-state index < -0.39 is 17.0 Å². The lowest BCUT2D eigenvalue weighted by Crippen LogP contribution is -2.09. The van der Waals surface area contributed by atoms with E-state index in [1.807, 2.05) is 6.07 Å². The summed E-state index contributed by atoms with van der Waals surface area (Å²) in [6.45, 7) is 1.58. The van der Waals surface area contributed by atoms with Crippen molar-refractivity contribution in [3.8, 4) is 17.5 Å². The maximum Gasteiger partial charge on any atom is 0.338 e. The van der Waals surface area contributed by atoms with Gasteiger partial charge in [0.05, 0.1) is 22.1 Å². The molecule has 0 radical (unpaired) electrons. The fraction of sp³-hybridized carbons (Fsp3) is 0.111. The number of nitrogens with zero attached hydrogens (tertiary/aromatic N) is 4. The van der Waals surface area contributed by atoms with E-state index in [4.69, 9.17) is 14.4 Å². The summed E-state index contributed by atoms with van der Waals surface area (Å²) < 4.78 is 10.8. The first kappa shape index (κ1) is 17.8. The fourth-order valence-corrected chi connectivity index (χ4v) is 2.20. The van der Waals surface area contributed by atoms with E-state index >= 15 is 0 Å². The van der Waals surface area contributed by atoms with Crippen LogP contribution in [0.3, 0.4) is 0 Å². The zero-order valence-electron chi connectivity index (χ0n) is 14.0. The Morgan fingerprint density at radius 2 is 1.85 bits per heavy atom. The summed E-state index contributed by atoms with van der Waals surface area (Å²) in [6, 6.07) is 13.6. The van der Waals surface area contributed by atoms with E-state index in [0.717, 1.165) is 0 Å². The molecule has 0 bridgehead atoms. The third kappa shape index (κ3) is 3.96. The van der Waals surface area contributed by atoms with E-state index in [9.17, 15) is 14.9 Å². The van der Waals surface area contributed by atoms with Gasteiger partial charge in [0.15, 0.2) is 6.10 Å². The van der Waals surface area contributed by atoms with Crippen LogP contribution >= 0.6 is 0 Å². The topological polar surface area (TPSA) is 132 Å². The number of aromatic nitrogens is 2. The lowest BCUT2D eigenvalue weighted by Gasteiger charge is -2.09. The van der Waals surface area contributed by atoms with Gasteiger partial charge in [-0.05, 0) is 43.3 Å². The number of hydrogen-bond acceptors (Lipinski definition) is 8. The number of nitriles is 1. The normalized spacial score (nSPS) is 11.4. The number of esters is 1. The summed E-state index contributed by atoms with van der Waals surface area (Å²) in [6.07, 6.45) is -0.799. The molecule has 9 nitrogen and oxygen atoms in total. The van der Waals surface area contributed by atoms with Crippen LogP contribution < -0.4 is 0 Å². The minimum absolute atomic E-state index is 0.0526. The fourth-order valence-electron chi connectivity index (χ4n) is 2.20. The Bertz CT molecular complexity index is 1020. The average molecular weight is 364 g/mol. The molecular weight excluding hydrogens is 352 g/mol. The highest BCUT2D eigenvalue weighted by Gasteiger charge is 2.20. The Kier molecular flexibility index (Phi) is 4.90. The molecular formula is C18H12N4O5. The van der Waals surface area contributed by atoms with E-state index in [-0.39, 0.29) is 23.0 Å². The van der Waals surface area contributed by atoms with Crippen molar-refractivity contribution in [3.05, 3.63) is 75.7 Å². The van der Waals surface area contributed by atoms with E-state index in [0.29, 0.717) is 11.1 Å². The van der Waals surface area contributed by atoms with Gasteiger partial charge in [0.2, 0.25) is 5.89 Å². The Labute approximate surface area is 153 Å². The van der Waals surface area contributed by atoms with Crippen LogP contribution in [-0.4, -0.2) is 21.1 Å². The Morgan fingerprint density at radius 1 is 1.19 bits per heavy atom. The van der Waals surface area contributed by atoms with Gasteiger partial charge in [-0.15, -0.1) is 10.2 Å². The molecule has 0 spiro atoms. The summed E-state index contributed by atoms with van der Waals surface area (Å²) in [5.41, 5.74) is 1.17. The van der Waals surface area contributed by atoms with Crippen molar-refractivity contribution in [1.29, 1.82) is 5.26 Å². The first-order chi connectivity index (χ1) is 13.0. The molecule has 0 N–H and O–H groups in total. The summed E-state index contributed by atoms with van der Waals surface area (Å²) in [5.74, 6) is -0.353. The zero-order valence-corrected chi connectivity index (χ0v) is 14.0. The number of nitro benzene ring substituents is 1. The van der Waals surface area contributed by atoms with Crippen molar-refractivity contribution in [2.24, 2.45) is 0 Å². The van der Waals surface area contributed by atoms with Gasteiger partial charge in [0, 0.05) is 17.7 Å². The largest absolute Gasteiger partial charge is 0.449 e. The highest BCUT2D eigenvalue weighted by atomic mass is 16.6. The monoisotopic (exact) mass is 364 g/mol. The molecule has 3 aromatic rings. The van der Waals surface area contributed by atoms with Gasteiger partial charge in [0.1, 0.15) is 0 Å². The molecule has 0 amide bonds. The maximum atomic E-state index is 12.1. The average Bonchev–Trinajstić information content (AvgIpc) is 3.18. The number of non-ortho nitro benzene ring substituents is 1. The zero-order chi connectivity index (χ0) is 19.4. The van der Waals surface area contributed by atoms with Crippen molar-refractivity contribution in [3.63, 3.8) is 0 Å². The van der Waals surface area contributed by atoms with Gasteiger partial charge in [0.25, 0.3) is 11.6 Å². The molecule has 134 valence electrons. The molecule has 2 aromatic carbocycles. The number of benzene rings is 2. The molecule has 1 atom stereocenters. The summed E-state index contributed by atoms with van der Waals surface area (Å²) >= 11 is 0. The van der Waals surface area contributed by atoms with Gasteiger partial charge >= 0.3 is 5.97 Å². The smallest absolute Gasteiger partial charge is 0.338 e. The Morgan fingerprint density at radius 3 is 2.44 bits per heavy atom. The summed E-state index contributed by atoms with van der Waals surface area (Å²) in [5, 5.41) is 27.2. The SMILES string of the molecule is C[C@H](OC(=O)c1ccc(C#N)cc1)c1nnc(-c2ccc([N+](=O)[O-])cc2)o1. The number of rotatable bonds is 5. The lowest BCUT2D eigenvalue weighted by molar-refractivity contribution is -0.384. The van der Waals surface area contributed by atoms with Crippen LogP contribution in [0.15, 0.2) is 52.9 Å². The van der Waals surface area contributed by atoms with E-state index in [1.165, 1.54) is 48.5 Å². The van der Waals surface area contributed by atoms with Crippen molar-refractivity contribution in [2.45, 2.75) is 13.0 Å². The molecule has 27 heavy (non-hydrogen) atoms. The van der Waals surface area contributed by atoms with Crippen molar-refractivity contribution in [1.82, 2.24) is 10.2 Å². The van der Waals surface area contributed by atoms with Crippen LogP contribution in [0.4, 0.5) is 5.69 Å². The van der Waals surface area contributed by atoms with Crippen LogP contribution in [0, 0.1) is 21.4 Å². The van der Waals surface area contributed by atoms with Crippen LogP contribution in [0.1, 0.15) is 34.8 Å². The van der Waals surface area contributed by atoms with Gasteiger partial charge in [-0.1, -0.05) is 0 Å². The van der Waals surface area contributed by atoms with Crippen LogP contribution in [-0.2, 0) is 4.74 Å². The molecule has 0 aliphatic heterocycles. The molecule has 3 rings (SSSR count). The number of carbonyl (C=O) groups excluding carboxylic acids is 1. The second-order valence-electron chi connectivity index (χ2n) is 5.49. The van der Waals surface area contributed by atoms with Crippen molar-refractivity contribution >= 4 is 11.7 Å². The second-order valence-corrected chi connectivity index (χ2v) is 5.49. The highest BCUT2D eigenvalue weighted by Crippen LogP contribution is 2.24. The molecule has 0 aliphatic rings. The van der Waals surface area contributed by atoms with Gasteiger partial charge < -0.3 is 9.15 Å². The van der Waals surface area contributed by atoms with E-state index in [2.05, 4.69) is 10.2 Å². The van der Waals surface area contributed by atoms with Crippen molar-refractivity contribution in [2.75, 3.05) is 0 Å². The number of nitro groups is 1. The Balaban J connectivity index is 1.70. The molecule has 0 saturated carbocycles. The second kappa shape index (κ2) is 7.45. The Hall–Kier alpha value is -4.06. The predicted octanol–water partition coefficient (Wildman–Crippen LogP) is 3.43. The quantitative estimate of drug-likeness (QED) is 0.382. The number of ether oxygens (including phenoxy) is 1.